The number of carbonyl (C=O) groups excluding carboxylic acids is 1. The van der Waals surface area contributed by atoms with E-state index in [2.05, 4.69) is 32.1 Å². The summed E-state index contributed by atoms with van der Waals surface area (Å²) >= 11 is 0. The van der Waals surface area contributed by atoms with Gasteiger partial charge in [0.05, 0.1) is 11.3 Å². The van der Waals surface area contributed by atoms with Gasteiger partial charge < -0.3 is 15.0 Å². The summed E-state index contributed by atoms with van der Waals surface area (Å²) in [6.07, 6.45) is 1.05. The molecule has 2 N–H and O–H groups in total. The number of H-pyrrole nitrogens is 1. The van der Waals surface area contributed by atoms with Gasteiger partial charge in [-0.05, 0) is 55.3 Å². The van der Waals surface area contributed by atoms with Gasteiger partial charge >= 0.3 is 6.18 Å². The summed E-state index contributed by atoms with van der Waals surface area (Å²) in [5.41, 5.74) is 0.822. The van der Waals surface area contributed by atoms with Crippen molar-refractivity contribution in [3.63, 3.8) is 0 Å². The van der Waals surface area contributed by atoms with Gasteiger partial charge in [-0.3, -0.25) is 14.9 Å². The van der Waals surface area contributed by atoms with Crippen LogP contribution in [0.4, 0.5) is 19.0 Å². The first kappa shape index (κ1) is 24.3. The van der Waals surface area contributed by atoms with Crippen molar-refractivity contribution in [2.24, 2.45) is 0 Å². The molecule has 3 aromatic heterocycles. The summed E-state index contributed by atoms with van der Waals surface area (Å²) in [5, 5.41) is 11.4. The van der Waals surface area contributed by atoms with Crippen LogP contribution in [0.15, 0.2) is 67.5 Å². The lowest BCUT2D eigenvalue weighted by molar-refractivity contribution is -0.137. The van der Waals surface area contributed by atoms with Gasteiger partial charge in [0.2, 0.25) is 5.91 Å². The molecule has 8 nitrogen and oxygen atoms in total. The van der Waals surface area contributed by atoms with Crippen LogP contribution >= 0.6 is 0 Å². The van der Waals surface area contributed by atoms with Crippen molar-refractivity contribution in [1.82, 2.24) is 25.1 Å². The quantitative estimate of drug-likeness (QED) is 0.338. The van der Waals surface area contributed by atoms with Crippen LogP contribution in [-0.4, -0.2) is 50.1 Å². The lowest BCUT2D eigenvalue weighted by Gasteiger charge is -2.32. The third kappa shape index (κ3) is 5.25. The number of pyridine rings is 2. The number of rotatable bonds is 6. The molecule has 0 saturated carbocycles. The molecule has 1 fully saturated rings. The summed E-state index contributed by atoms with van der Waals surface area (Å²) in [4.78, 5) is 22.0. The molecule has 11 heteroatoms. The maximum atomic E-state index is 12.8. The van der Waals surface area contributed by atoms with Crippen molar-refractivity contribution in [3.8, 4) is 22.8 Å². The zero-order valence-corrected chi connectivity index (χ0v) is 19.6. The second kappa shape index (κ2) is 9.92. The average Bonchev–Trinajstić information content (AvgIpc) is 3.32. The van der Waals surface area contributed by atoms with Crippen molar-refractivity contribution < 1.29 is 22.7 Å². The molecular formula is C26H23F3N6O2. The van der Waals surface area contributed by atoms with Crippen LogP contribution in [0.2, 0.25) is 0 Å². The highest BCUT2D eigenvalue weighted by Gasteiger charge is 2.30. The van der Waals surface area contributed by atoms with E-state index in [0.29, 0.717) is 52.7 Å². The van der Waals surface area contributed by atoms with Gasteiger partial charge in [0.15, 0.2) is 11.5 Å². The number of halogens is 3. The number of anilines is 1. The second-order valence-electron chi connectivity index (χ2n) is 8.63. The van der Waals surface area contributed by atoms with E-state index < -0.39 is 11.7 Å². The largest absolute Gasteiger partial charge is 0.456 e. The number of aromatic amines is 1. The van der Waals surface area contributed by atoms with Gasteiger partial charge in [-0.1, -0.05) is 6.58 Å². The molecule has 1 saturated heterocycles. The molecule has 0 spiro atoms. The monoisotopic (exact) mass is 508 g/mol. The molecular weight excluding hydrogens is 485 g/mol. The fourth-order valence-corrected chi connectivity index (χ4v) is 4.28. The van der Waals surface area contributed by atoms with E-state index in [0.717, 1.165) is 25.1 Å². The summed E-state index contributed by atoms with van der Waals surface area (Å²) < 4.78 is 44.5. The van der Waals surface area contributed by atoms with Gasteiger partial charge in [0.1, 0.15) is 16.9 Å². The van der Waals surface area contributed by atoms with Crippen molar-refractivity contribution >= 4 is 22.8 Å². The minimum atomic E-state index is -4.43. The number of hydrogen-bond donors (Lipinski definition) is 2. The molecule has 1 aliphatic rings. The smallest absolute Gasteiger partial charge is 0.417 e. The third-order valence-corrected chi connectivity index (χ3v) is 6.14. The lowest BCUT2D eigenvalue weighted by Crippen LogP contribution is -2.44. The van der Waals surface area contributed by atoms with E-state index in [1.54, 1.807) is 41.4 Å². The number of carbonyl (C=O) groups is 1. The summed E-state index contributed by atoms with van der Waals surface area (Å²) in [6.45, 7) is 4.80. The van der Waals surface area contributed by atoms with Crippen LogP contribution in [0.25, 0.3) is 22.3 Å². The molecule has 1 aromatic carbocycles. The molecule has 0 radical (unpaired) electrons. The second-order valence-corrected chi connectivity index (χ2v) is 8.63. The Hall–Kier alpha value is -4.41. The maximum absolute atomic E-state index is 12.8. The van der Waals surface area contributed by atoms with Crippen molar-refractivity contribution in [2.75, 3.05) is 18.4 Å². The molecule has 4 heterocycles. The first-order chi connectivity index (χ1) is 17.8. The highest BCUT2D eigenvalue weighted by atomic mass is 19.4. The highest BCUT2D eigenvalue weighted by molar-refractivity contribution is 5.93. The number of aromatic nitrogens is 4. The molecule has 5 rings (SSSR count). The van der Waals surface area contributed by atoms with E-state index in [4.69, 9.17) is 4.74 Å². The summed E-state index contributed by atoms with van der Waals surface area (Å²) in [6, 6.07) is 11.0. The molecule has 190 valence electrons. The van der Waals surface area contributed by atoms with Gasteiger partial charge in [-0.25, -0.2) is 4.98 Å². The number of benzene rings is 1. The number of hydrogen-bond acceptors (Lipinski definition) is 6. The maximum Gasteiger partial charge on any atom is 0.417 e. The lowest BCUT2D eigenvalue weighted by atomic mass is 10.1. The third-order valence-electron chi connectivity index (χ3n) is 6.14. The highest BCUT2D eigenvalue weighted by Crippen LogP contribution is 2.34. The number of piperidine rings is 1. The van der Waals surface area contributed by atoms with E-state index in [1.165, 1.54) is 12.1 Å². The van der Waals surface area contributed by atoms with Gasteiger partial charge in [-0.2, -0.15) is 18.3 Å². The Labute approximate surface area is 210 Å². The Morgan fingerprint density at radius 3 is 2.68 bits per heavy atom. The van der Waals surface area contributed by atoms with Gasteiger partial charge in [0, 0.05) is 43.2 Å². The molecule has 37 heavy (non-hydrogen) atoms. The molecule has 4 aromatic rings. The SMILES string of the molecule is C=CC(=O)N1CCC[C@H](Nc2n[nH]c3nccc(Oc4ccc(-c5ccc(C(F)(F)F)cn5)cc4)c23)C1. The van der Waals surface area contributed by atoms with Crippen molar-refractivity contribution in [2.45, 2.75) is 25.1 Å². The number of fused-ring (bicyclic) bond motifs is 1. The van der Waals surface area contributed by atoms with E-state index in [-0.39, 0.29) is 11.9 Å². The predicted octanol–water partition coefficient (Wildman–Crippen LogP) is 5.42. The van der Waals surface area contributed by atoms with Crippen molar-refractivity contribution in [1.29, 1.82) is 0 Å². The van der Waals surface area contributed by atoms with Crippen LogP contribution in [0.3, 0.4) is 0 Å². The standard InChI is InChI=1S/C26H23F3N6O2/c1-2-22(36)35-13-3-4-18(15-35)32-25-23-21(11-12-30-24(23)33-34-25)37-19-8-5-16(6-9-19)20-10-7-17(14-31-20)26(27,28)29/h2,5-12,14,18H,1,3-4,13,15H2,(H2,30,32,33,34)/t18-/m0/s1. The number of ether oxygens (including phenoxy) is 1. The number of nitrogens with zero attached hydrogens (tertiary/aromatic N) is 4. The number of alkyl halides is 3. The number of amides is 1. The topological polar surface area (TPSA) is 96.0 Å². The Balaban J connectivity index is 1.34. The van der Waals surface area contributed by atoms with Gasteiger partial charge in [-0.15, -0.1) is 0 Å². The minimum Gasteiger partial charge on any atom is -0.456 e. The Kier molecular flexibility index (Phi) is 6.51. The van der Waals surface area contributed by atoms with Gasteiger partial charge in [0.25, 0.3) is 0 Å². The Morgan fingerprint density at radius 2 is 1.97 bits per heavy atom. The van der Waals surface area contributed by atoms with Crippen LogP contribution in [0.5, 0.6) is 11.5 Å². The Morgan fingerprint density at radius 1 is 1.16 bits per heavy atom. The summed E-state index contributed by atoms with van der Waals surface area (Å²) in [5.74, 6) is 1.52. The van der Waals surface area contributed by atoms with Crippen LogP contribution in [-0.2, 0) is 11.0 Å². The number of nitrogens with one attached hydrogen (secondary N) is 2. The molecule has 1 atom stereocenters. The average molecular weight is 509 g/mol. The van der Waals surface area contributed by atoms with Crippen molar-refractivity contribution in [3.05, 3.63) is 73.1 Å². The normalized spacial score (nSPS) is 16.0. The minimum absolute atomic E-state index is 0.00715. The van der Waals surface area contributed by atoms with E-state index in [1.807, 2.05) is 0 Å². The number of likely N-dealkylation sites (tertiary alicyclic amines) is 1. The summed E-state index contributed by atoms with van der Waals surface area (Å²) in [7, 11) is 0. The fourth-order valence-electron chi connectivity index (χ4n) is 4.28. The first-order valence-corrected chi connectivity index (χ1v) is 11.6. The van der Waals surface area contributed by atoms with Crippen LogP contribution < -0.4 is 10.1 Å². The van der Waals surface area contributed by atoms with Crippen LogP contribution in [0, 0.1) is 0 Å². The van der Waals surface area contributed by atoms with E-state index >= 15 is 0 Å². The zero-order chi connectivity index (χ0) is 26.0. The van der Waals surface area contributed by atoms with E-state index in [9.17, 15) is 18.0 Å². The first-order valence-electron chi connectivity index (χ1n) is 11.6. The van der Waals surface area contributed by atoms with Crippen LogP contribution in [0.1, 0.15) is 18.4 Å². The molecule has 1 aliphatic heterocycles. The zero-order valence-electron chi connectivity index (χ0n) is 19.6. The Bertz CT molecular complexity index is 1420. The fraction of sp³-hybridized carbons (Fsp3) is 0.231. The molecule has 1 amide bonds. The molecule has 0 bridgehead atoms. The predicted molar refractivity (Wildman–Crippen MR) is 132 cm³/mol. The molecule has 0 aliphatic carbocycles. The molecule has 0 unspecified atom stereocenters.